The van der Waals surface area contributed by atoms with Crippen LogP contribution in [0.2, 0.25) is 0 Å². The van der Waals surface area contributed by atoms with Crippen LogP contribution in [-0.4, -0.2) is 20.7 Å². The molecular formula is C12H15N5O. The smallest absolute Gasteiger partial charge is 0.249 e. The van der Waals surface area contributed by atoms with Crippen molar-refractivity contribution in [2.75, 3.05) is 5.32 Å². The molecule has 0 aliphatic rings. The highest BCUT2D eigenvalue weighted by Crippen LogP contribution is 2.16. The van der Waals surface area contributed by atoms with E-state index in [1.165, 1.54) is 17.3 Å². The molecule has 0 spiro atoms. The fourth-order valence-corrected chi connectivity index (χ4v) is 1.59. The minimum Gasteiger partial charge on any atom is -0.326 e. The topological polar surface area (TPSA) is 85.8 Å². The largest absolute Gasteiger partial charge is 0.326 e. The van der Waals surface area contributed by atoms with Gasteiger partial charge in [-0.2, -0.15) is 5.10 Å². The summed E-state index contributed by atoms with van der Waals surface area (Å²) in [6.07, 6.45) is 2.91. The van der Waals surface area contributed by atoms with E-state index in [1.807, 2.05) is 24.3 Å². The van der Waals surface area contributed by atoms with Crippen molar-refractivity contribution in [2.45, 2.75) is 19.5 Å². The van der Waals surface area contributed by atoms with Crippen molar-refractivity contribution in [1.29, 1.82) is 0 Å². The van der Waals surface area contributed by atoms with Crippen LogP contribution in [0.25, 0.3) is 0 Å². The molecule has 0 aliphatic heterocycles. The second-order valence-electron chi connectivity index (χ2n) is 3.90. The van der Waals surface area contributed by atoms with Crippen molar-refractivity contribution in [3.8, 4) is 0 Å². The molecule has 2 rings (SSSR count). The lowest BCUT2D eigenvalue weighted by Crippen LogP contribution is -2.24. The van der Waals surface area contributed by atoms with Gasteiger partial charge in [-0.05, 0) is 18.6 Å². The summed E-state index contributed by atoms with van der Waals surface area (Å²) in [6, 6.07) is 7.04. The molecular weight excluding hydrogens is 230 g/mol. The number of hydrogen-bond donors (Lipinski definition) is 2. The molecule has 0 saturated heterocycles. The first-order chi connectivity index (χ1) is 8.72. The van der Waals surface area contributed by atoms with Gasteiger partial charge in [0, 0.05) is 12.2 Å². The van der Waals surface area contributed by atoms with E-state index in [0.29, 0.717) is 6.54 Å². The van der Waals surface area contributed by atoms with Gasteiger partial charge in [0.1, 0.15) is 18.7 Å². The van der Waals surface area contributed by atoms with Crippen molar-refractivity contribution in [3.05, 3.63) is 42.5 Å². The molecule has 2 aromatic rings. The zero-order valence-corrected chi connectivity index (χ0v) is 10.1. The van der Waals surface area contributed by atoms with Crippen molar-refractivity contribution in [3.63, 3.8) is 0 Å². The monoisotopic (exact) mass is 245 g/mol. The minimum atomic E-state index is -0.418. The molecule has 0 bridgehead atoms. The molecule has 1 aromatic carbocycles. The lowest BCUT2D eigenvalue weighted by molar-refractivity contribution is -0.119. The number of amides is 1. The maximum atomic E-state index is 12.0. The van der Waals surface area contributed by atoms with Gasteiger partial charge in [-0.25, -0.2) is 9.67 Å². The number of carbonyl (C=O) groups is 1. The molecule has 6 heteroatoms. The summed E-state index contributed by atoms with van der Waals surface area (Å²) < 4.78 is 1.50. The van der Waals surface area contributed by atoms with Gasteiger partial charge in [0.2, 0.25) is 5.91 Å². The lowest BCUT2D eigenvalue weighted by atomic mass is 10.1. The highest BCUT2D eigenvalue weighted by Gasteiger charge is 2.16. The first-order valence-electron chi connectivity index (χ1n) is 5.65. The summed E-state index contributed by atoms with van der Waals surface area (Å²) in [4.78, 5) is 15.9. The van der Waals surface area contributed by atoms with Gasteiger partial charge in [0.25, 0.3) is 0 Å². The molecule has 1 amide bonds. The van der Waals surface area contributed by atoms with E-state index in [9.17, 15) is 4.79 Å². The summed E-state index contributed by atoms with van der Waals surface area (Å²) in [6.45, 7) is 2.14. The van der Waals surface area contributed by atoms with Gasteiger partial charge in [-0.3, -0.25) is 4.79 Å². The molecule has 6 nitrogen and oxygen atoms in total. The van der Waals surface area contributed by atoms with Gasteiger partial charge in [-0.15, -0.1) is 0 Å². The molecule has 18 heavy (non-hydrogen) atoms. The third kappa shape index (κ3) is 2.54. The van der Waals surface area contributed by atoms with E-state index in [4.69, 9.17) is 5.73 Å². The number of nitrogens with two attached hydrogens (primary N) is 1. The Balaban J connectivity index is 2.12. The maximum Gasteiger partial charge on any atom is 0.249 e. The van der Waals surface area contributed by atoms with Gasteiger partial charge in [0.05, 0.1) is 0 Å². The standard InChI is InChI=1S/C12H15N5O/c1-9(17-8-14-7-15-17)12(18)16-11-5-3-2-4-10(11)6-13/h2-5,7-9H,6,13H2,1H3,(H,16,18). The number of nitrogens with zero attached hydrogens (tertiary/aromatic N) is 3. The summed E-state index contributed by atoms with van der Waals surface area (Å²) in [5, 5.41) is 6.78. The summed E-state index contributed by atoms with van der Waals surface area (Å²) in [7, 11) is 0. The highest BCUT2D eigenvalue weighted by atomic mass is 16.2. The first kappa shape index (κ1) is 12.3. The summed E-state index contributed by atoms with van der Waals surface area (Å²) in [5.74, 6) is -0.151. The second-order valence-corrected chi connectivity index (χ2v) is 3.90. The number of nitrogens with one attached hydrogen (secondary N) is 1. The van der Waals surface area contributed by atoms with Crippen LogP contribution < -0.4 is 11.1 Å². The van der Waals surface area contributed by atoms with Crippen LogP contribution in [0.15, 0.2) is 36.9 Å². The number of anilines is 1. The number of rotatable bonds is 4. The fourth-order valence-electron chi connectivity index (χ4n) is 1.59. The Morgan fingerprint density at radius 3 is 2.94 bits per heavy atom. The van der Waals surface area contributed by atoms with Crippen LogP contribution in [0.4, 0.5) is 5.69 Å². The molecule has 0 fully saturated rings. The Morgan fingerprint density at radius 2 is 2.28 bits per heavy atom. The Kier molecular flexibility index (Phi) is 3.69. The molecule has 3 N–H and O–H groups in total. The molecule has 0 saturated carbocycles. The SMILES string of the molecule is CC(C(=O)Nc1ccccc1CN)n1cncn1. The zero-order valence-electron chi connectivity index (χ0n) is 10.1. The molecule has 94 valence electrons. The van der Waals surface area contributed by atoms with E-state index in [0.717, 1.165) is 11.3 Å². The van der Waals surface area contributed by atoms with E-state index in [-0.39, 0.29) is 5.91 Å². The Bertz CT molecular complexity index is 523. The van der Waals surface area contributed by atoms with Gasteiger partial charge in [-0.1, -0.05) is 18.2 Å². The number of hydrogen-bond acceptors (Lipinski definition) is 4. The van der Waals surface area contributed by atoms with E-state index < -0.39 is 6.04 Å². The number of para-hydroxylation sites is 1. The van der Waals surface area contributed by atoms with Crippen molar-refractivity contribution < 1.29 is 4.79 Å². The van der Waals surface area contributed by atoms with Crippen LogP contribution >= 0.6 is 0 Å². The van der Waals surface area contributed by atoms with Crippen LogP contribution in [0, 0.1) is 0 Å². The van der Waals surface area contributed by atoms with Crippen LogP contribution in [0.5, 0.6) is 0 Å². The van der Waals surface area contributed by atoms with Crippen LogP contribution in [0.3, 0.4) is 0 Å². The van der Waals surface area contributed by atoms with Crippen molar-refractivity contribution in [2.24, 2.45) is 5.73 Å². The van der Waals surface area contributed by atoms with E-state index in [1.54, 1.807) is 6.92 Å². The normalized spacial score (nSPS) is 12.1. The fraction of sp³-hybridized carbons (Fsp3) is 0.250. The zero-order chi connectivity index (χ0) is 13.0. The van der Waals surface area contributed by atoms with Crippen LogP contribution in [-0.2, 0) is 11.3 Å². The second kappa shape index (κ2) is 5.42. The molecule has 0 radical (unpaired) electrons. The molecule has 0 aliphatic carbocycles. The minimum absolute atomic E-state index is 0.151. The number of benzene rings is 1. The van der Waals surface area contributed by atoms with Crippen molar-refractivity contribution in [1.82, 2.24) is 14.8 Å². The predicted molar refractivity (Wildman–Crippen MR) is 67.7 cm³/mol. The third-order valence-electron chi connectivity index (χ3n) is 2.71. The third-order valence-corrected chi connectivity index (χ3v) is 2.71. The summed E-state index contributed by atoms with van der Waals surface area (Å²) in [5.41, 5.74) is 7.25. The predicted octanol–water partition coefficient (Wildman–Crippen LogP) is 0.937. The first-order valence-corrected chi connectivity index (χ1v) is 5.65. The average Bonchev–Trinajstić information content (AvgIpc) is 2.92. The molecule has 1 heterocycles. The highest BCUT2D eigenvalue weighted by molar-refractivity contribution is 5.94. The Labute approximate surface area is 105 Å². The molecule has 1 aromatic heterocycles. The van der Waals surface area contributed by atoms with Crippen LogP contribution in [0.1, 0.15) is 18.5 Å². The number of carbonyl (C=O) groups excluding carboxylic acids is 1. The summed E-state index contributed by atoms with van der Waals surface area (Å²) >= 11 is 0. The molecule has 1 atom stereocenters. The van der Waals surface area contributed by atoms with Crippen molar-refractivity contribution >= 4 is 11.6 Å². The average molecular weight is 245 g/mol. The Morgan fingerprint density at radius 1 is 1.50 bits per heavy atom. The van der Waals surface area contributed by atoms with Gasteiger partial charge < -0.3 is 11.1 Å². The lowest BCUT2D eigenvalue weighted by Gasteiger charge is -2.14. The van der Waals surface area contributed by atoms with Gasteiger partial charge in [0.15, 0.2) is 0 Å². The van der Waals surface area contributed by atoms with E-state index >= 15 is 0 Å². The number of aromatic nitrogens is 3. The Hall–Kier alpha value is -2.21. The maximum absolute atomic E-state index is 12.0. The quantitative estimate of drug-likeness (QED) is 0.839. The molecule has 1 unspecified atom stereocenters. The van der Waals surface area contributed by atoms with E-state index in [2.05, 4.69) is 15.4 Å². The van der Waals surface area contributed by atoms with Gasteiger partial charge >= 0.3 is 0 Å².